The number of nitrogens with zero attached hydrogens (tertiary/aromatic N) is 1. The van der Waals surface area contributed by atoms with E-state index in [0.717, 1.165) is 24.0 Å². The molecule has 1 aromatic heterocycles. The number of hydrogen-bond donors (Lipinski definition) is 3. The highest BCUT2D eigenvalue weighted by Gasteiger charge is 2.24. The Balaban J connectivity index is 1.33. The van der Waals surface area contributed by atoms with E-state index in [1.165, 1.54) is 0 Å². The molecule has 1 fully saturated rings. The third-order valence-electron chi connectivity index (χ3n) is 5.12. The van der Waals surface area contributed by atoms with E-state index >= 15 is 0 Å². The minimum Gasteiger partial charge on any atom is -0.482 e. The number of H-pyrrole nitrogens is 1. The number of nitrogens with one attached hydrogen (secondary N) is 3. The van der Waals surface area contributed by atoms with Crippen molar-refractivity contribution in [3.63, 3.8) is 0 Å². The number of hydrogen-bond acceptors (Lipinski definition) is 5. The van der Waals surface area contributed by atoms with Gasteiger partial charge < -0.3 is 20.4 Å². The molecule has 5 rings (SSSR count). The van der Waals surface area contributed by atoms with E-state index in [2.05, 4.69) is 20.6 Å². The van der Waals surface area contributed by atoms with Crippen LogP contribution in [0.1, 0.15) is 40.5 Å². The molecule has 1 aliphatic carbocycles. The number of aromatic amines is 1. The average molecular weight is 390 g/mol. The summed E-state index contributed by atoms with van der Waals surface area (Å²) in [4.78, 5) is 43.3. The Labute approximate surface area is 165 Å². The molecule has 2 amide bonds. The minimum atomic E-state index is -0.478. The Morgan fingerprint density at radius 3 is 2.86 bits per heavy atom. The largest absolute Gasteiger partial charge is 0.482 e. The highest BCUT2D eigenvalue weighted by atomic mass is 16.5. The zero-order chi connectivity index (χ0) is 20.0. The Kier molecular flexibility index (Phi) is 4.04. The monoisotopic (exact) mass is 390 g/mol. The number of benzene rings is 2. The van der Waals surface area contributed by atoms with Crippen LogP contribution in [-0.4, -0.2) is 28.4 Å². The van der Waals surface area contributed by atoms with Crippen molar-refractivity contribution in [1.82, 2.24) is 15.3 Å². The van der Waals surface area contributed by atoms with E-state index in [-0.39, 0.29) is 30.4 Å². The van der Waals surface area contributed by atoms with Crippen LogP contribution in [0.15, 0.2) is 41.2 Å². The van der Waals surface area contributed by atoms with Gasteiger partial charge in [-0.1, -0.05) is 12.1 Å². The first kappa shape index (κ1) is 17.4. The van der Waals surface area contributed by atoms with Gasteiger partial charge in [-0.15, -0.1) is 0 Å². The second kappa shape index (κ2) is 6.73. The number of carbonyl (C=O) groups is 2. The first-order valence-electron chi connectivity index (χ1n) is 9.44. The smallest absolute Gasteiger partial charge is 0.287 e. The summed E-state index contributed by atoms with van der Waals surface area (Å²) in [5.41, 5.74) is 2.66. The quantitative estimate of drug-likeness (QED) is 0.631. The zero-order valence-corrected chi connectivity index (χ0v) is 15.5. The molecular weight excluding hydrogens is 372 g/mol. The van der Waals surface area contributed by atoms with E-state index in [1.54, 1.807) is 24.3 Å². The van der Waals surface area contributed by atoms with Crippen LogP contribution in [0.25, 0.3) is 10.9 Å². The van der Waals surface area contributed by atoms with Gasteiger partial charge in [-0.05, 0) is 54.2 Å². The lowest BCUT2D eigenvalue weighted by molar-refractivity contribution is -0.118. The van der Waals surface area contributed by atoms with Crippen molar-refractivity contribution in [1.29, 1.82) is 0 Å². The van der Waals surface area contributed by atoms with Crippen LogP contribution in [0, 0.1) is 0 Å². The predicted octanol–water partition coefficient (Wildman–Crippen LogP) is 2.06. The van der Waals surface area contributed by atoms with E-state index in [0.29, 0.717) is 28.3 Å². The van der Waals surface area contributed by atoms with Crippen LogP contribution >= 0.6 is 0 Å². The highest BCUT2D eigenvalue weighted by Crippen LogP contribution is 2.40. The van der Waals surface area contributed by atoms with Crippen molar-refractivity contribution in [2.75, 3.05) is 11.9 Å². The van der Waals surface area contributed by atoms with Crippen molar-refractivity contribution in [3.05, 3.63) is 63.7 Å². The maximum absolute atomic E-state index is 12.5. The second-order valence-electron chi connectivity index (χ2n) is 7.32. The molecule has 0 saturated heterocycles. The van der Waals surface area contributed by atoms with E-state index in [1.807, 2.05) is 12.1 Å². The van der Waals surface area contributed by atoms with Crippen LogP contribution in [0.3, 0.4) is 0 Å². The maximum Gasteiger partial charge on any atom is 0.287 e. The molecule has 1 saturated carbocycles. The fourth-order valence-electron chi connectivity index (χ4n) is 3.44. The summed E-state index contributed by atoms with van der Waals surface area (Å²) in [6, 6.07) is 10.9. The Morgan fingerprint density at radius 2 is 2.03 bits per heavy atom. The van der Waals surface area contributed by atoms with Gasteiger partial charge in [-0.3, -0.25) is 14.4 Å². The van der Waals surface area contributed by atoms with E-state index in [9.17, 15) is 14.4 Å². The summed E-state index contributed by atoms with van der Waals surface area (Å²) in [5.74, 6) is 0.394. The summed E-state index contributed by atoms with van der Waals surface area (Å²) in [7, 11) is 0. The van der Waals surface area contributed by atoms with Crippen molar-refractivity contribution in [3.8, 4) is 5.75 Å². The molecule has 8 heteroatoms. The first-order chi connectivity index (χ1) is 14.1. The average Bonchev–Trinajstić information content (AvgIpc) is 3.56. The van der Waals surface area contributed by atoms with Gasteiger partial charge in [0.1, 0.15) is 5.75 Å². The summed E-state index contributed by atoms with van der Waals surface area (Å²) >= 11 is 0. The molecule has 8 nitrogen and oxygen atoms in total. The number of rotatable bonds is 4. The molecule has 146 valence electrons. The highest BCUT2D eigenvalue weighted by molar-refractivity contribution is 5.95. The molecule has 1 aliphatic heterocycles. The molecule has 3 N–H and O–H groups in total. The van der Waals surface area contributed by atoms with Gasteiger partial charge in [0, 0.05) is 6.54 Å². The molecule has 2 aromatic carbocycles. The van der Waals surface area contributed by atoms with Crippen LogP contribution < -0.4 is 20.9 Å². The normalized spacial score (nSPS) is 15.4. The Bertz CT molecular complexity index is 1210. The molecule has 0 spiro atoms. The molecule has 3 aromatic rings. The molecule has 29 heavy (non-hydrogen) atoms. The van der Waals surface area contributed by atoms with Gasteiger partial charge >= 0.3 is 0 Å². The van der Waals surface area contributed by atoms with Crippen molar-refractivity contribution in [2.45, 2.75) is 25.3 Å². The molecule has 2 heterocycles. The van der Waals surface area contributed by atoms with Gasteiger partial charge in [-0.25, -0.2) is 4.98 Å². The third-order valence-corrected chi connectivity index (χ3v) is 5.12. The second-order valence-corrected chi connectivity index (χ2v) is 7.32. The maximum atomic E-state index is 12.5. The topological polar surface area (TPSA) is 113 Å². The molecule has 0 radical (unpaired) electrons. The van der Waals surface area contributed by atoms with Gasteiger partial charge in [0.15, 0.2) is 12.4 Å². The standard InChI is InChI=1S/C21H18N4O4/c26-18-10-29-17-6-1-11(7-16(17)23-18)9-22-21(28)19-24-15-5-4-13(12-2-3-12)8-14(15)20(27)25-19/h1,4-8,12H,2-3,9-10H2,(H,22,28)(H,23,26)(H,24,25,27). The van der Waals surface area contributed by atoms with Crippen LogP contribution in [0.4, 0.5) is 5.69 Å². The van der Waals surface area contributed by atoms with Gasteiger partial charge in [0.2, 0.25) is 0 Å². The molecule has 0 atom stereocenters. The number of anilines is 1. The SMILES string of the molecule is O=C1COc2ccc(CNC(=O)c3nc4ccc(C5CC5)cc4c(=O)[nH]3)cc2N1. The van der Waals surface area contributed by atoms with Crippen LogP contribution in [0.2, 0.25) is 0 Å². The minimum absolute atomic E-state index is 0.00771. The molecule has 0 bridgehead atoms. The fraction of sp³-hybridized carbons (Fsp3) is 0.238. The number of amides is 2. The summed E-state index contributed by atoms with van der Waals surface area (Å²) < 4.78 is 5.32. The van der Waals surface area contributed by atoms with Gasteiger partial charge in [-0.2, -0.15) is 0 Å². The lowest BCUT2D eigenvalue weighted by Gasteiger charge is -2.18. The fourth-order valence-corrected chi connectivity index (χ4v) is 3.44. The Morgan fingerprint density at radius 1 is 1.17 bits per heavy atom. The number of carbonyl (C=O) groups excluding carboxylic acids is 2. The van der Waals surface area contributed by atoms with E-state index < -0.39 is 5.91 Å². The van der Waals surface area contributed by atoms with Crippen molar-refractivity contribution < 1.29 is 14.3 Å². The van der Waals surface area contributed by atoms with E-state index in [4.69, 9.17) is 4.74 Å². The number of ether oxygens (including phenoxy) is 1. The lowest BCUT2D eigenvalue weighted by atomic mass is 10.1. The van der Waals surface area contributed by atoms with Crippen LogP contribution in [-0.2, 0) is 11.3 Å². The van der Waals surface area contributed by atoms with Gasteiger partial charge in [0.25, 0.3) is 17.4 Å². The predicted molar refractivity (Wildman–Crippen MR) is 106 cm³/mol. The number of fused-ring (bicyclic) bond motifs is 2. The van der Waals surface area contributed by atoms with Crippen molar-refractivity contribution in [2.24, 2.45) is 0 Å². The zero-order valence-electron chi connectivity index (χ0n) is 15.5. The number of aromatic nitrogens is 2. The molecule has 0 unspecified atom stereocenters. The summed E-state index contributed by atoms with van der Waals surface area (Å²) in [6.45, 7) is 0.205. The van der Waals surface area contributed by atoms with Crippen LogP contribution in [0.5, 0.6) is 5.75 Å². The summed E-state index contributed by atoms with van der Waals surface area (Å²) in [5, 5.41) is 5.96. The van der Waals surface area contributed by atoms with Gasteiger partial charge in [0.05, 0.1) is 16.6 Å². The first-order valence-corrected chi connectivity index (χ1v) is 9.44. The Hall–Kier alpha value is -3.68. The van der Waals surface area contributed by atoms with Crippen molar-refractivity contribution >= 4 is 28.4 Å². The lowest BCUT2D eigenvalue weighted by Crippen LogP contribution is -2.28. The summed E-state index contributed by atoms with van der Waals surface area (Å²) in [6.07, 6.45) is 2.30. The molecular formula is C21H18N4O4. The molecule has 2 aliphatic rings. The third kappa shape index (κ3) is 3.44.